The lowest BCUT2D eigenvalue weighted by atomic mass is 10.1. The van der Waals surface area contributed by atoms with Gasteiger partial charge in [0.05, 0.1) is 10.9 Å². The highest BCUT2D eigenvalue weighted by atomic mass is 16.5. The predicted molar refractivity (Wildman–Crippen MR) is 153 cm³/mol. The minimum atomic E-state index is -1.29. The van der Waals surface area contributed by atoms with Gasteiger partial charge in [0.1, 0.15) is 25.4 Å². The topological polar surface area (TPSA) is 87.0 Å². The van der Waals surface area contributed by atoms with Crippen LogP contribution in [0.4, 0.5) is 0 Å². The molecular formula is C33H29NO6. The van der Waals surface area contributed by atoms with E-state index < -0.39 is 11.4 Å². The number of hydrogen-bond acceptors (Lipinski definition) is 5. The van der Waals surface area contributed by atoms with E-state index in [4.69, 9.17) is 14.2 Å². The molecule has 4 aromatic carbocycles. The fourth-order valence-electron chi connectivity index (χ4n) is 4.46. The minimum Gasteiger partial charge on any atom is -0.485 e. The highest BCUT2D eigenvalue weighted by Crippen LogP contribution is 2.44. The monoisotopic (exact) mass is 535 g/mol. The molecule has 0 atom stereocenters. The number of aryl methyl sites for hydroxylation is 1. The van der Waals surface area contributed by atoms with Crippen molar-refractivity contribution in [1.82, 2.24) is 4.57 Å². The number of carbonyl (C=O) groups is 1. The van der Waals surface area contributed by atoms with E-state index in [1.165, 1.54) is 6.20 Å². The Morgan fingerprint density at radius 3 is 1.68 bits per heavy atom. The standard InChI is InChI=1S/C33H29NO6/c1-2-34-19-27(33(36)37)30(35)26-18-28(38-20-23-12-6-3-7-13-23)31(39-21-24-14-8-4-9-15-24)32(29(26)34)40-22-25-16-10-5-11-17-25/h3-19H,2,20-22H2,1H3,(H,36,37). The van der Waals surface area contributed by atoms with Gasteiger partial charge in [0.2, 0.25) is 11.2 Å². The Hall–Kier alpha value is -5.04. The summed E-state index contributed by atoms with van der Waals surface area (Å²) in [4.78, 5) is 25.4. The number of aromatic nitrogens is 1. The molecule has 40 heavy (non-hydrogen) atoms. The molecule has 0 amide bonds. The molecule has 202 valence electrons. The summed E-state index contributed by atoms with van der Waals surface area (Å²) >= 11 is 0. The Morgan fingerprint density at radius 2 is 1.20 bits per heavy atom. The third-order valence-corrected chi connectivity index (χ3v) is 6.50. The highest BCUT2D eigenvalue weighted by molar-refractivity contribution is 5.96. The van der Waals surface area contributed by atoms with Crippen LogP contribution in [-0.4, -0.2) is 15.6 Å². The van der Waals surface area contributed by atoms with Gasteiger partial charge >= 0.3 is 5.97 Å². The minimum absolute atomic E-state index is 0.180. The van der Waals surface area contributed by atoms with Gasteiger partial charge in [-0.15, -0.1) is 0 Å². The fraction of sp³-hybridized carbons (Fsp3) is 0.152. The lowest BCUT2D eigenvalue weighted by Gasteiger charge is -2.21. The van der Waals surface area contributed by atoms with Crippen molar-refractivity contribution in [2.45, 2.75) is 33.3 Å². The smallest absolute Gasteiger partial charge is 0.341 e. The van der Waals surface area contributed by atoms with Crippen LogP contribution in [-0.2, 0) is 26.4 Å². The number of aromatic carboxylic acids is 1. The summed E-state index contributed by atoms with van der Waals surface area (Å²) in [7, 11) is 0. The van der Waals surface area contributed by atoms with Crippen LogP contribution in [0.5, 0.6) is 17.2 Å². The molecule has 1 N–H and O–H groups in total. The SMILES string of the molecule is CCn1cc(C(=O)O)c(=O)c2cc(OCc3ccccc3)c(OCc3ccccc3)c(OCc3ccccc3)c21. The molecule has 1 heterocycles. The summed E-state index contributed by atoms with van der Waals surface area (Å²) in [5, 5.41) is 9.93. The van der Waals surface area contributed by atoms with Gasteiger partial charge in [0.25, 0.3) is 0 Å². The maximum atomic E-state index is 13.4. The van der Waals surface area contributed by atoms with Gasteiger partial charge in [-0.1, -0.05) is 91.0 Å². The molecule has 0 saturated carbocycles. The fourth-order valence-corrected chi connectivity index (χ4v) is 4.46. The Morgan fingerprint density at radius 1 is 0.725 bits per heavy atom. The van der Waals surface area contributed by atoms with Crippen LogP contribution >= 0.6 is 0 Å². The Balaban J connectivity index is 1.70. The number of fused-ring (bicyclic) bond motifs is 1. The second-order valence-electron chi connectivity index (χ2n) is 9.22. The van der Waals surface area contributed by atoms with Crippen molar-refractivity contribution in [2.24, 2.45) is 0 Å². The van der Waals surface area contributed by atoms with Crippen molar-refractivity contribution in [3.63, 3.8) is 0 Å². The number of nitrogens with zero attached hydrogens (tertiary/aromatic N) is 1. The molecule has 0 radical (unpaired) electrons. The molecule has 0 aliphatic heterocycles. The lowest BCUT2D eigenvalue weighted by molar-refractivity contribution is 0.0694. The Labute approximate surface area is 231 Å². The average molecular weight is 536 g/mol. The summed E-state index contributed by atoms with van der Waals surface area (Å²) in [5.41, 5.74) is 2.30. The second-order valence-corrected chi connectivity index (χ2v) is 9.22. The molecule has 7 heteroatoms. The molecule has 0 aliphatic rings. The third kappa shape index (κ3) is 5.83. The van der Waals surface area contributed by atoms with Gasteiger partial charge in [-0.05, 0) is 29.7 Å². The molecule has 5 rings (SSSR count). The number of ether oxygens (including phenoxy) is 3. The van der Waals surface area contributed by atoms with Crippen LogP contribution < -0.4 is 19.6 Å². The lowest BCUT2D eigenvalue weighted by Crippen LogP contribution is -2.20. The number of benzene rings is 4. The van der Waals surface area contributed by atoms with E-state index in [-0.39, 0.29) is 36.5 Å². The van der Waals surface area contributed by atoms with Gasteiger partial charge in [0, 0.05) is 12.7 Å². The van der Waals surface area contributed by atoms with E-state index in [2.05, 4.69) is 0 Å². The molecule has 7 nitrogen and oxygen atoms in total. The number of pyridine rings is 1. The molecule has 0 bridgehead atoms. The van der Waals surface area contributed by atoms with Crippen molar-refractivity contribution in [3.8, 4) is 17.2 Å². The molecule has 5 aromatic rings. The summed E-state index contributed by atoms with van der Waals surface area (Å²) in [6.45, 7) is 2.94. The van der Waals surface area contributed by atoms with E-state index in [1.54, 1.807) is 10.6 Å². The molecule has 1 aromatic heterocycles. The Bertz CT molecular complexity index is 1660. The molecule has 0 unspecified atom stereocenters. The summed E-state index contributed by atoms with van der Waals surface area (Å²) in [6, 6.07) is 30.5. The average Bonchev–Trinajstić information content (AvgIpc) is 2.99. The van der Waals surface area contributed by atoms with Crippen molar-refractivity contribution >= 4 is 16.9 Å². The summed E-state index contributed by atoms with van der Waals surface area (Å²) < 4.78 is 20.7. The maximum absolute atomic E-state index is 13.4. The van der Waals surface area contributed by atoms with Crippen LogP contribution in [0.3, 0.4) is 0 Å². The molecule has 0 fully saturated rings. The van der Waals surface area contributed by atoms with E-state index >= 15 is 0 Å². The van der Waals surface area contributed by atoms with Crippen LogP contribution in [0, 0.1) is 0 Å². The zero-order chi connectivity index (χ0) is 27.9. The number of rotatable bonds is 11. The van der Waals surface area contributed by atoms with Gasteiger partial charge in [0.15, 0.2) is 11.5 Å². The summed E-state index contributed by atoms with van der Waals surface area (Å²) in [6.07, 6.45) is 1.36. The van der Waals surface area contributed by atoms with Crippen molar-refractivity contribution in [2.75, 3.05) is 0 Å². The zero-order valence-electron chi connectivity index (χ0n) is 22.1. The number of hydrogen-bond donors (Lipinski definition) is 1. The molecular weight excluding hydrogens is 506 g/mol. The summed E-state index contributed by atoms with van der Waals surface area (Å²) in [5.74, 6) is -0.348. The zero-order valence-corrected chi connectivity index (χ0v) is 22.1. The van der Waals surface area contributed by atoms with Crippen LogP contribution in [0.1, 0.15) is 34.0 Å². The van der Waals surface area contributed by atoms with Gasteiger partial charge in [-0.2, -0.15) is 0 Å². The first-order valence-corrected chi connectivity index (χ1v) is 13.0. The Kier molecular flexibility index (Phi) is 8.11. The first-order chi connectivity index (χ1) is 19.5. The van der Waals surface area contributed by atoms with E-state index in [0.717, 1.165) is 16.7 Å². The molecule has 0 saturated heterocycles. The van der Waals surface area contributed by atoms with E-state index in [0.29, 0.717) is 23.6 Å². The van der Waals surface area contributed by atoms with Crippen LogP contribution in [0.2, 0.25) is 0 Å². The van der Waals surface area contributed by atoms with Gasteiger partial charge < -0.3 is 23.9 Å². The second kappa shape index (κ2) is 12.2. The predicted octanol–water partition coefficient (Wildman–Crippen LogP) is 6.46. The first kappa shape index (κ1) is 26.6. The van der Waals surface area contributed by atoms with Gasteiger partial charge in [-0.3, -0.25) is 4.79 Å². The van der Waals surface area contributed by atoms with E-state index in [1.807, 2.05) is 97.9 Å². The number of carboxylic acids is 1. The van der Waals surface area contributed by atoms with Crippen LogP contribution in [0.25, 0.3) is 10.9 Å². The molecule has 0 aliphatic carbocycles. The van der Waals surface area contributed by atoms with E-state index in [9.17, 15) is 14.7 Å². The largest absolute Gasteiger partial charge is 0.485 e. The maximum Gasteiger partial charge on any atom is 0.341 e. The normalized spacial score (nSPS) is 10.8. The quantitative estimate of drug-likeness (QED) is 0.209. The molecule has 0 spiro atoms. The first-order valence-electron chi connectivity index (χ1n) is 13.0. The third-order valence-electron chi connectivity index (χ3n) is 6.50. The van der Waals surface area contributed by atoms with Crippen molar-refractivity contribution in [3.05, 3.63) is 136 Å². The van der Waals surface area contributed by atoms with Gasteiger partial charge in [-0.25, -0.2) is 4.79 Å². The van der Waals surface area contributed by atoms with Crippen molar-refractivity contribution in [1.29, 1.82) is 0 Å². The van der Waals surface area contributed by atoms with Crippen LogP contribution in [0.15, 0.2) is 108 Å². The highest BCUT2D eigenvalue weighted by Gasteiger charge is 2.25. The van der Waals surface area contributed by atoms with Crippen molar-refractivity contribution < 1.29 is 24.1 Å². The number of carboxylic acid groups (broad SMARTS) is 1.